The fraction of sp³-hybridized carbons (Fsp3) is 0.773. The molecule has 0 aromatic carbocycles. The predicted octanol–water partition coefficient (Wildman–Crippen LogP) is 2.61. The molecule has 0 radical (unpaired) electrons. The summed E-state index contributed by atoms with van der Waals surface area (Å²) in [6, 6.07) is 0. The molecule has 7 nitrogen and oxygen atoms in total. The van der Waals surface area contributed by atoms with Crippen LogP contribution in [0, 0.1) is 17.8 Å². The van der Waals surface area contributed by atoms with Crippen LogP contribution >= 0.6 is 0 Å². The molecular formula is C22H34O7. The molecule has 1 fully saturated rings. The minimum absolute atomic E-state index is 0.00805. The van der Waals surface area contributed by atoms with Crippen molar-refractivity contribution in [3.63, 3.8) is 0 Å². The first kappa shape index (κ1) is 25.1. The molecule has 2 unspecified atom stereocenters. The Kier molecular flexibility index (Phi) is 12.2. The van der Waals surface area contributed by atoms with E-state index in [-0.39, 0.29) is 6.42 Å². The van der Waals surface area contributed by atoms with Gasteiger partial charge in [0.25, 0.3) is 0 Å². The van der Waals surface area contributed by atoms with E-state index in [0.717, 1.165) is 19.3 Å². The van der Waals surface area contributed by atoms with Crippen molar-refractivity contribution in [3.8, 4) is 11.8 Å². The molecule has 0 aromatic rings. The molecule has 0 spiro atoms. The van der Waals surface area contributed by atoms with Crippen LogP contribution in [-0.4, -0.2) is 51.4 Å². The van der Waals surface area contributed by atoms with E-state index in [1.807, 2.05) is 0 Å². The third-order valence-electron chi connectivity index (χ3n) is 5.18. The van der Waals surface area contributed by atoms with Gasteiger partial charge in [0, 0.05) is 11.8 Å². The highest BCUT2D eigenvalue weighted by molar-refractivity contribution is 6.09. The number of aliphatic hydroxyl groups excluding tert-OH is 2. The second-order valence-corrected chi connectivity index (χ2v) is 7.71. The third kappa shape index (κ3) is 9.91. The van der Waals surface area contributed by atoms with Gasteiger partial charge in [0.1, 0.15) is 0 Å². The van der Waals surface area contributed by atoms with E-state index in [0.29, 0.717) is 6.42 Å². The molecule has 0 aliphatic carbocycles. The Morgan fingerprint density at radius 3 is 2.07 bits per heavy atom. The molecule has 0 bridgehead atoms. The van der Waals surface area contributed by atoms with Crippen molar-refractivity contribution < 1.29 is 34.4 Å². The lowest BCUT2D eigenvalue weighted by Gasteiger charge is -2.19. The standard InChI is InChI=1S/C22H34O7/c1-2-3-4-5-6-7-8-9-10-11-12-16(13-14-18(24)25)15-17(23)21-19(26)20(27)22(28)29-21/h16-17,20-21,23,27H,2-12,15H2,1H3,(H,24,25)/t16?,17-,20?,21+/m0/s1. The van der Waals surface area contributed by atoms with Crippen molar-refractivity contribution in [1.82, 2.24) is 0 Å². The van der Waals surface area contributed by atoms with Gasteiger partial charge in [-0.15, -0.1) is 0 Å². The van der Waals surface area contributed by atoms with Crippen LogP contribution in [0.1, 0.15) is 84.0 Å². The number of hydrogen-bond acceptors (Lipinski definition) is 6. The summed E-state index contributed by atoms with van der Waals surface area (Å²) in [6.45, 7) is 2.20. The van der Waals surface area contributed by atoms with E-state index in [9.17, 15) is 24.6 Å². The molecular weight excluding hydrogens is 376 g/mol. The highest BCUT2D eigenvalue weighted by Crippen LogP contribution is 2.22. The minimum Gasteiger partial charge on any atom is -0.472 e. The predicted molar refractivity (Wildman–Crippen MR) is 107 cm³/mol. The van der Waals surface area contributed by atoms with E-state index < -0.39 is 42.0 Å². The van der Waals surface area contributed by atoms with Gasteiger partial charge in [-0.1, -0.05) is 77.1 Å². The molecule has 164 valence electrons. The summed E-state index contributed by atoms with van der Waals surface area (Å²) < 4.78 is 4.73. The molecule has 3 N–H and O–H groups in total. The van der Waals surface area contributed by atoms with Gasteiger partial charge in [0.05, 0.1) is 6.10 Å². The van der Waals surface area contributed by atoms with Gasteiger partial charge >= 0.3 is 11.9 Å². The number of ketones is 1. The fourth-order valence-corrected chi connectivity index (χ4v) is 3.49. The second-order valence-electron chi connectivity index (χ2n) is 7.71. The minimum atomic E-state index is -1.86. The summed E-state index contributed by atoms with van der Waals surface area (Å²) in [5, 5.41) is 28.4. The van der Waals surface area contributed by atoms with Crippen molar-refractivity contribution in [2.75, 3.05) is 0 Å². The number of esters is 1. The van der Waals surface area contributed by atoms with Crippen molar-refractivity contribution in [2.24, 2.45) is 5.92 Å². The number of rotatable bonds is 14. The molecule has 7 heteroatoms. The van der Waals surface area contributed by atoms with Crippen molar-refractivity contribution in [1.29, 1.82) is 0 Å². The highest BCUT2D eigenvalue weighted by atomic mass is 16.6. The molecule has 1 aliphatic rings. The van der Waals surface area contributed by atoms with Crippen LogP contribution in [0.5, 0.6) is 0 Å². The molecule has 1 heterocycles. The normalized spacial score (nSPS) is 20.7. The summed E-state index contributed by atoms with van der Waals surface area (Å²) in [5.74, 6) is 1.06. The molecule has 1 saturated heterocycles. The molecule has 0 amide bonds. The van der Waals surface area contributed by atoms with E-state index >= 15 is 0 Å². The highest BCUT2D eigenvalue weighted by Gasteiger charge is 2.46. The van der Waals surface area contributed by atoms with Crippen LogP contribution in [0.2, 0.25) is 0 Å². The van der Waals surface area contributed by atoms with Gasteiger partial charge in [-0.2, -0.15) is 0 Å². The third-order valence-corrected chi connectivity index (χ3v) is 5.18. The molecule has 0 saturated carbocycles. The topological polar surface area (TPSA) is 121 Å². The number of unbranched alkanes of at least 4 members (excludes halogenated alkanes) is 9. The molecule has 0 aromatic heterocycles. The Bertz CT molecular complexity index is 590. The maximum Gasteiger partial charge on any atom is 0.381 e. The lowest BCUT2D eigenvalue weighted by atomic mass is 9.92. The van der Waals surface area contributed by atoms with Gasteiger partial charge in [0.15, 0.2) is 6.10 Å². The fourth-order valence-electron chi connectivity index (χ4n) is 3.49. The van der Waals surface area contributed by atoms with Crippen molar-refractivity contribution >= 4 is 17.7 Å². The van der Waals surface area contributed by atoms with Crippen LogP contribution < -0.4 is 0 Å². The molecule has 29 heavy (non-hydrogen) atoms. The second kappa shape index (κ2) is 14.1. The number of cyclic esters (lactones) is 1. The van der Waals surface area contributed by atoms with Gasteiger partial charge in [-0.25, -0.2) is 9.59 Å². The quantitative estimate of drug-likeness (QED) is 0.174. The summed E-state index contributed by atoms with van der Waals surface area (Å²) >= 11 is 0. The van der Waals surface area contributed by atoms with Gasteiger partial charge in [0.2, 0.25) is 11.9 Å². The molecule has 4 atom stereocenters. The summed E-state index contributed by atoms with van der Waals surface area (Å²) in [5.41, 5.74) is 0. The lowest BCUT2D eigenvalue weighted by Crippen LogP contribution is -2.35. The number of carbonyl (C=O) groups is 3. The van der Waals surface area contributed by atoms with Gasteiger partial charge in [-0.3, -0.25) is 4.79 Å². The summed E-state index contributed by atoms with van der Waals surface area (Å²) in [4.78, 5) is 33.8. The Morgan fingerprint density at radius 2 is 1.59 bits per heavy atom. The largest absolute Gasteiger partial charge is 0.472 e. The summed E-state index contributed by atoms with van der Waals surface area (Å²) in [6.07, 6.45) is 7.73. The van der Waals surface area contributed by atoms with Crippen LogP contribution in [0.3, 0.4) is 0 Å². The first-order valence-corrected chi connectivity index (χ1v) is 10.7. The van der Waals surface area contributed by atoms with E-state index in [1.165, 1.54) is 44.9 Å². The molecule has 1 aliphatic heterocycles. The Hall–Kier alpha value is -1.91. The Morgan fingerprint density at radius 1 is 1.03 bits per heavy atom. The number of carboxylic acid groups (broad SMARTS) is 1. The lowest BCUT2D eigenvalue weighted by molar-refractivity contribution is -0.151. The van der Waals surface area contributed by atoms with Crippen LogP contribution in [0.4, 0.5) is 0 Å². The number of carbonyl (C=O) groups excluding carboxylic acids is 2. The first-order chi connectivity index (χ1) is 13.9. The van der Waals surface area contributed by atoms with Crippen LogP contribution in [0.15, 0.2) is 0 Å². The maximum atomic E-state index is 11.8. The van der Waals surface area contributed by atoms with Gasteiger partial charge in [-0.05, 0) is 12.8 Å². The molecule has 1 rings (SSSR count). The van der Waals surface area contributed by atoms with Crippen molar-refractivity contribution in [3.05, 3.63) is 0 Å². The average molecular weight is 411 g/mol. The van der Waals surface area contributed by atoms with Crippen molar-refractivity contribution in [2.45, 2.75) is 102 Å². The Balaban J connectivity index is 2.36. The zero-order chi connectivity index (χ0) is 21.6. The zero-order valence-electron chi connectivity index (χ0n) is 17.3. The first-order valence-electron chi connectivity index (χ1n) is 10.7. The number of ether oxygens (including phenoxy) is 1. The zero-order valence-corrected chi connectivity index (χ0v) is 17.3. The van der Waals surface area contributed by atoms with E-state index in [1.54, 1.807) is 0 Å². The monoisotopic (exact) mass is 410 g/mol. The maximum absolute atomic E-state index is 11.8. The Labute approximate surface area is 172 Å². The van der Waals surface area contributed by atoms with E-state index in [2.05, 4.69) is 18.8 Å². The van der Waals surface area contributed by atoms with Crippen LogP contribution in [0.25, 0.3) is 0 Å². The number of hydrogen-bond donors (Lipinski definition) is 3. The number of aliphatic hydroxyl groups is 2. The SMILES string of the molecule is CCCCCCCCCCCCC(C#CC(=O)O)C[C@H](O)[C@H]1OC(=O)C(O)C1=O. The van der Waals surface area contributed by atoms with E-state index in [4.69, 9.17) is 9.84 Å². The summed E-state index contributed by atoms with van der Waals surface area (Å²) in [7, 11) is 0. The average Bonchev–Trinajstić information content (AvgIpc) is 2.94. The smallest absolute Gasteiger partial charge is 0.381 e. The van der Waals surface area contributed by atoms with Crippen LogP contribution in [-0.2, 0) is 19.1 Å². The number of carboxylic acids is 1. The number of aliphatic carboxylic acids is 1. The number of Topliss-reactive ketones (excluding diaryl/α,β-unsaturated/α-hetero) is 1. The van der Waals surface area contributed by atoms with Gasteiger partial charge < -0.3 is 20.1 Å².